The van der Waals surface area contributed by atoms with Gasteiger partial charge in [-0.05, 0) is 30.7 Å². The molecule has 0 radical (unpaired) electrons. The quantitative estimate of drug-likeness (QED) is 0.852. The number of nitriles is 1. The fourth-order valence-electron chi connectivity index (χ4n) is 2.98. The molecule has 7 heteroatoms. The van der Waals surface area contributed by atoms with Crippen LogP contribution in [-0.4, -0.2) is 40.8 Å². The fraction of sp³-hybridized carbons (Fsp3) is 0.421. The minimum Gasteiger partial charge on any atom is -0.486 e. The standard InChI is InChI=1S/C19H22N4O3/c1-2-18-21-8-9-23(18)12-19(24)22-16-7-10-25-13-17(16)26-15-5-3-14(11-20)4-6-15/h3-6,8-9,16-17H,2,7,10,12-13H2,1H3,(H,22,24)/t16-,17-/m1/s1. The van der Waals surface area contributed by atoms with E-state index in [1.54, 1.807) is 30.5 Å². The molecule has 3 rings (SSSR count). The van der Waals surface area contributed by atoms with Gasteiger partial charge in [-0.25, -0.2) is 4.98 Å². The van der Waals surface area contributed by atoms with E-state index in [2.05, 4.69) is 16.4 Å². The minimum absolute atomic E-state index is 0.0713. The third-order valence-corrected chi connectivity index (χ3v) is 4.35. The first-order valence-electron chi connectivity index (χ1n) is 8.73. The number of hydrogen-bond donors (Lipinski definition) is 1. The molecule has 1 saturated heterocycles. The van der Waals surface area contributed by atoms with Crippen molar-refractivity contribution in [2.75, 3.05) is 13.2 Å². The molecule has 1 N–H and O–H groups in total. The van der Waals surface area contributed by atoms with E-state index in [1.807, 2.05) is 17.7 Å². The Kier molecular flexibility index (Phi) is 5.87. The highest BCUT2D eigenvalue weighted by atomic mass is 16.5. The Labute approximate surface area is 152 Å². The SMILES string of the molecule is CCc1nccn1CC(=O)N[C@@H]1CCOC[C@H]1Oc1ccc(C#N)cc1. The average Bonchev–Trinajstić information content (AvgIpc) is 3.11. The van der Waals surface area contributed by atoms with Crippen LogP contribution in [0.25, 0.3) is 0 Å². The normalized spacial score (nSPS) is 19.5. The van der Waals surface area contributed by atoms with Crippen LogP contribution < -0.4 is 10.1 Å². The predicted octanol–water partition coefficient (Wildman–Crippen LogP) is 1.67. The Balaban J connectivity index is 1.61. The number of amides is 1. The monoisotopic (exact) mass is 354 g/mol. The van der Waals surface area contributed by atoms with Gasteiger partial charge in [-0.3, -0.25) is 4.79 Å². The number of imidazole rings is 1. The summed E-state index contributed by atoms with van der Waals surface area (Å²) in [5, 5.41) is 11.9. The molecule has 0 spiro atoms. The molecule has 2 aromatic rings. The minimum atomic E-state index is -0.269. The molecule has 136 valence electrons. The van der Waals surface area contributed by atoms with Gasteiger partial charge in [0.1, 0.15) is 24.2 Å². The summed E-state index contributed by atoms with van der Waals surface area (Å²) in [6.45, 7) is 3.25. The van der Waals surface area contributed by atoms with Crippen LogP contribution in [0.1, 0.15) is 24.7 Å². The van der Waals surface area contributed by atoms with Crippen molar-refractivity contribution in [3.63, 3.8) is 0 Å². The van der Waals surface area contributed by atoms with E-state index in [1.165, 1.54) is 0 Å². The van der Waals surface area contributed by atoms with E-state index in [-0.39, 0.29) is 24.6 Å². The van der Waals surface area contributed by atoms with Crippen LogP contribution in [0.5, 0.6) is 5.75 Å². The molecule has 0 saturated carbocycles. The Morgan fingerprint density at radius 3 is 3.00 bits per heavy atom. The number of aromatic nitrogens is 2. The number of carbonyl (C=O) groups excluding carboxylic acids is 1. The Hall–Kier alpha value is -2.85. The van der Waals surface area contributed by atoms with E-state index in [0.717, 1.165) is 12.2 Å². The molecule has 0 unspecified atom stereocenters. The molecule has 1 aromatic carbocycles. The van der Waals surface area contributed by atoms with Crippen LogP contribution in [0, 0.1) is 11.3 Å². The lowest BCUT2D eigenvalue weighted by molar-refractivity contribution is -0.124. The fourth-order valence-corrected chi connectivity index (χ4v) is 2.98. The maximum atomic E-state index is 12.4. The van der Waals surface area contributed by atoms with Crippen LogP contribution in [0.15, 0.2) is 36.7 Å². The summed E-state index contributed by atoms with van der Waals surface area (Å²) < 4.78 is 13.3. The summed E-state index contributed by atoms with van der Waals surface area (Å²) in [5.41, 5.74) is 0.578. The number of nitrogens with one attached hydrogen (secondary N) is 1. The van der Waals surface area contributed by atoms with Crippen LogP contribution in [0.2, 0.25) is 0 Å². The Morgan fingerprint density at radius 1 is 1.46 bits per heavy atom. The number of carbonyl (C=O) groups is 1. The van der Waals surface area contributed by atoms with Gasteiger partial charge in [-0.1, -0.05) is 6.92 Å². The summed E-state index contributed by atoms with van der Waals surface area (Å²) in [6, 6.07) is 8.88. The van der Waals surface area contributed by atoms with E-state index < -0.39 is 0 Å². The molecular formula is C19H22N4O3. The van der Waals surface area contributed by atoms with E-state index in [4.69, 9.17) is 14.7 Å². The zero-order valence-corrected chi connectivity index (χ0v) is 14.7. The van der Waals surface area contributed by atoms with Gasteiger partial charge in [0.2, 0.25) is 5.91 Å². The topological polar surface area (TPSA) is 89.2 Å². The molecule has 1 aromatic heterocycles. The molecule has 0 bridgehead atoms. The van der Waals surface area contributed by atoms with Crippen LogP contribution >= 0.6 is 0 Å². The predicted molar refractivity (Wildman–Crippen MR) is 94.5 cm³/mol. The van der Waals surface area contributed by atoms with Crippen molar-refractivity contribution in [3.05, 3.63) is 48.0 Å². The second kappa shape index (κ2) is 8.50. The lowest BCUT2D eigenvalue weighted by atomic mass is 10.1. The van der Waals surface area contributed by atoms with Crippen LogP contribution in [0.3, 0.4) is 0 Å². The first-order valence-corrected chi connectivity index (χ1v) is 8.73. The van der Waals surface area contributed by atoms with Crippen molar-refractivity contribution in [3.8, 4) is 11.8 Å². The first-order chi connectivity index (χ1) is 12.7. The molecule has 1 fully saturated rings. The number of rotatable bonds is 6. The maximum Gasteiger partial charge on any atom is 0.240 e. The number of hydrogen-bond acceptors (Lipinski definition) is 5. The van der Waals surface area contributed by atoms with Gasteiger partial charge in [-0.15, -0.1) is 0 Å². The summed E-state index contributed by atoms with van der Waals surface area (Å²) in [4.78, 5) is 16.7. The molecule has 0 aliphatic carbocycles. The maximum absolute atomic E-state index is 12.4. The van der Waals surface area contributed by atoms with Crippen molar-refractivity contribution in [1.29, 1.82) is 5.26 Å². The highest BCUT2D eigenvalue weighted by Gasteiger charge is 2.29. The lowest BCUT2D eigenvalue weighted by Gasteiger charge is -2.32. The van der Waals surface area contributed by atoms with Crippen LogP contribution in [-0.2, 0) is 22.5 Å². The molecule has 7 nitrogen and oxygen atoms in total. The van der Waals surface area contributed by atoms with Crippen molar-refractivity contribution < 1.29 is 14.3 Å². The summed E-state index contributed by atoms with van der Waals surface area (Å²) in [7, 11) is 0. The summed E-state index contributed by atoms with van der Waals surface area (Å²) in [6.07, 6.45) is 4.72. The lowest BCUT2D eigenvalue weighted by Crippen LogP contribution is -2.52. The number of aryl methyl sites for hydroxylation is 1. The smallest absolute Gasteiger partial charge is 0.240 e. The van der Waals surface area contributed by atoms with E-state index >= 15 is 0 Å². The van der Waals surface area contributed by atoms with Crippen LogP contribution in [0.4, 0.5) is 0 Å². The molecule has 2 heterocycles. The highest BCUT2D eigenvalue weighted by molar-refractivity contribution is 5.76. The van der Waals surface area contributed by atoms with Gasteiger partial charge in [-0.2, -0.15) is 5.26 Å². The number of benzene rings is 1. The van der Waals surface area contributed by atoms with Gasteiger partial charge >= 0.3 is 0 Å². The third kappa shape index (κ3) is 4.41. The Bertz CT molecular complexity index is 779. The van der Waals surface area contributed by atoms with Gasteiger partial charge < -0.3 is 19.4 Å². The average molecular weight is 354 g/mol. The van der Waals surface area contributed by atoms with Crippen molar-refractivity contribution >= 4 is 5.91 Å². The Morgan fingerprint density at radius 2 is 2.27 bits per heavy atom. The van der Waals surface area contributed by atoms with Gasteiger partial charge in [0.25, 0.3) is 0 Å². The van der Waals surface area contributed by atoms with E-state index in [0.29, 0.717) is 30.9 Å². The van der Waals surface area contributed by atoms with Crippen molar-refractivity contribution in [2.45, 2.75) is 38.5 Å². The summed E-state index contributed by atoms with van der Waals surface area (Å²) >= 11 is 0. The van der Waals surface area contributed by atoms with Crippen molar-refractivity contribution in [1.82, 2.24) is 14.9 Å². The van der Waals surface area contributed by atoms with Gasteiger partial charge in [0, 0.05) is 25.4 Å². The molecular weight excluding hydrogens is 332 g/mol. The number of nitrogens with zero attached hydrogens (tertiary/aromatic N) is 3. The van der Waals surface area contributed by atoms with Crippen molar-refractivity contribution in [2.24, 2.45) is 0 Å². The molecule has 1 aliphatic heterocycles. The zero-order valence-electron chi connectivity index (χ0n) is 14.7. The third-order valence-electron chi connectivity index (χ3n) is 4.35. The zero-order chi connectivity index (χ0) is 18.4. The van der Waals surface area contributed by atoms with Gasteiger partial charge in [0.15, 0.2) is 0 Å². The largest absolute Gasteiger partial charge is 0.486 e. The van der Waals surface area contributed by atoms with Gasteiger partial charge in [0.05, 0.1) is 24.3 Å². The second-order valence-corrected chi connectivity index (χ2v) is 6.16. The van der Waals surface area contributed by atoms with E-state index in [9.17, 15) is 4.79 Å². The summed E-state index contributed by atoms with van der Waals surface area (Å²) in [5.74, 6) is 1.47. The molecule has 1 amide bonds. The highest BCUT2D eigenvalue weighted by Crippen LogP contribution is 2.18. The number of ether oxygens (including phenoxy) is 2. The molecule has 26 heavy (non-hydrogen) atoms. The first kappa shape index (κ1) is 18.0. The molecule has 1 aliphatic rings. The second-order valence-electron chi connectivity index (χ2n) is 6.16. The molecule has 2 atom stereocenters.